The molecule has 0 bridgehead atoms. The van der Waals surface area contributed by atoms with Gasteiger partial charge in [-0.15, -0.1) is 11.3 Å². The van der Waals surface area contributed by atoms with Gasteiger partial charge in [-0.05, 0) is 49.1 Å². The molecule has 4 heterocycles. The Balaban J connectivity index is 1.71. The Morgan fingerprint density at radius 3 is 2.71 bits per heavy atom. The van der Waals surface area contributed by atoms with Crippen LogP contribution in [0.2, 0.25) is 0 Å². The van der Waals surface area contributed by atoms with Crippen LogP contribution in [0, 0.1) is 13.8 Å². The summed E-state index contributed by atoms with van der Waals surface area (Å²) in [5.41, 5.74) is 8.36. The summed E-state index contributed by atoms with van der Waals surface area (Å²) in [6.45, 7) is 4.10. The van der Waals surface area contributed by atoms with Crippen molar-refractivity contribution in [1.29, 1.82) is 0 Å². The number of ether oxygens (including phenoxy) is 1. The van der Waals surface area contributed by atoms with Crippen molar-refractivity contribution in [3.8, 4) is 10.4 Å². The second-order valence-corrected chi connectivity index (χ2v) is 8.45. The number of aromatic amines is 2. The number of para-hydroxylation sites is 1. The summed E-state index contributed by atoms with van der Waals surface area (Å²) < 4.78 is 5.64. The van der Waals surface area contributed by atoms with E-state index in [4.69, 9.17) is 9.73 Å². The SMILES string of the molecule is COC1=CC(c2[nH]c3ccccc3c2-c2sccc2C=O)=NC1=Cc1[nH]c(C)cc1C. The Kier molecular flexibility index (Phi) is 4.71. The predicted molar refractivity (Wildman–Crippen MR) is 127 cm³/mol. The van der Waals surface area contributed by atoms with Crippen molar-refractivity contribution in [1.82, 2.24) is 9.97 Å². The van der Waals surface area contributed by atoms with E-state index >= 15 is 0 Å². The molecule has 0 unspecified atom stereocenters. The summed E-state index contributed by atoms with van der Waals surface area (Å²) in [6.07, 6.45) is 4.86. The molecule has 1 aliphatic heterocycles. The molecule has 0 fully saturated rings. The van der Waals surface area contributed by atoms with E-state index in [-0.39, 0.29) is 0 Å². The number of aliphatic imine (C=N–C) groups is 1. The fourth-order valence-corrected chi connectivity index (χ4v) is 4.96. The number of aryl methyl sites for hydroxylation is 2. The molecule has 4 aromatic rings. The maximum atomic E-state index is 11.7. The molecule has 1 aromatic carbocycles. The van der Waals surface area contributed by atoms with Gasteiger partial charge in [0.2, 0.25) is 0 Å². The summed E-state index contributed by atoms with van der Waals surface area (Å²) in [5.74, 6) is 0.702. The zero-order valence-electron chi connectivity index (χ0n) is 17.4. The third-order valence-corrected chi connectivity index (χ3v) is 6.41. The number of aromatic nitrogens is 2. The molecule has 0 aliphatic carbocycles. The minimum Gasteiger partial charge on any atom is -0.494 e. The van der Waals surface area contributed by atoms with Gasteiger partial charge in [-0.1, -0.05) is 18.2 Å². The van der Waals surface area contributed by atoms with Crippen LogP contribution in [0.3, 0.4) is 0 Å². The molecule has 154 valence electrons. The van der Waals surface area contributed by atoms with Crippen LogP contribution in [0.4, 0.5) is 0 Å². The Labute approximate surface area is 183 Å². The molecule has 0 amide bonds. The van der Waals surface area contributed by atoms with Crippen LogP contribution in [-0.4, -0.2) is 29.1 Å². The number of benzene rings is 1. The number of hydrogen-bond acceptors (Lipinski definition) is 4. The highest BCUT2D eigenvalue weighted by molar-refractivity contribution is 7.14. The number of nitrogens with one attached hydrogen (secondary N) is 2. The third kappa shape index (κ3) is 3.25. The summed E-state index contributed by atoms with van der Waals surface area (Å²) >= 11 is 1.56. The Morgan fingerprint density at radius 1 is 1.13 bits per heavy atom. The Morgan fingerprint density at radius 2 is 1.97 bits per heavy atom. The topological polar surface area (TPSA) is 70.2 Å². The first-order chi connectivity index (χ1) is 15.1. The highest BCUT2D eigenvalue weighted by atomic mass is 32.1. The first-order valence-corrected chi connectivity index (χ1v) is 10.8. The van der Waals surface area contributed by atoms with E-state index in [0.29, 0.717) is 11.3 Å². The van der Waals surface area contributed by atoms with Gasteiger partial charge in [0.1, 0.15) is 11.5 Å². The van der Waals surface area contributed by atoms with Gasteiger partial charge >= 0.3 is 0 Å². The minimum atomic E-state index is 0.679. The van der Waals surface area contributed by atoms with Crippen LogP contribution in [0.5, 0.6) is 0 Å². The van der Waals surface area contributed by atoms with Gasteiger partial charge in [0.15, 0.2) is 6.29 Å². The largest absolute Gasteiger partial charge is 0.494 e. The molecule has 0 atom stereocenters. The van der Waals surface area contributed by atoms with Crippen molar-refractivity contribution in [2.75, 3.05) is 7.11 Å². The van der Waals surface area contributed by atoms with Gasteiger partial charge in [0.25, 0.3) is 0 Å². The molecule has 3 aromatic heterocycles. The second kappa shape index (κ2) is 7.56. The quantitative estimate of drug-likeness (QED) is 0.382. The van der Waals surface area contributed by atoms with Crippen molar-refractivity contribution >= 4 is 40.3 Å². The summed E-state index contributed by atoms with van der Waals surface area (Å²) in [5, 5.41) is 3.01. The minimum absolute atomic E-state index is 0.679. The smallest absolute Gasteiger partial charge is 0.151 e. The molecule has 0 saturated carbocycles. The van der Waals surface area contributed by atoms with Crippen LogP contribution < -0.4 is 0 Å². The van der Waals surface area contributed by atoms with Gasteiger partial charge in [0, 0.05) is 44.4 Å². The van der Waals surface area contributed by atoms with E-state index < -0.39 is 0 Å². The van der Waals surface area contributed by atoms with E-state index in [1.54, 1.807) is 18.4 Å². The number of methoxy groups -OCH3 is 1. The maximum Gasteiger partial charge on any atom is 0.151 e. The van der Waals surface area contributed by atoms with Crippen molar-refractivity contribution < 1.29 is 9.53 Å². The normalized spacial score (nSPS) is 14.9. The summed E-state index contributed by atoms with van der Waals surface area (Å²) in [7, 11) is 1.65. The molecule has 31 heavy (non-hydrogen) atoms. The Bertz CT molecular complexity index is 1410. The van der Waals surface area contributed by atoms with Gasteiger partial charge in [-0.25, -0.2) is 4.99 Å². The number of thiophene rings is 1. The molecule has 2 N–H and O–H groups in total. The van der Waals surface area contributed by atoms with Crippen LogP contribution in [0.25, 0.3) is 27.4 Å². The van der Waals surface area contributed by atoms with Gasteiger partial charge in [0.05, 0.1) is 18.5 Å². The van der Waals surface area contributed by atoms with Crippen LogP contribution in [0.1, 0.15) is 33.0 Å². The molecular formula is C25H21N3O2S. The van der Waals surface area contributed by atoms with Crippen LogP contribution in [-0.2, 0) is 4.74 Å². The molecule has 0 spiro atoms. The first kappa shape index (κ1) is 19.3. The third-order valence-electron chi connectivity index (χ3n) is 5.46. The predicted octanol–water partition coefficient (Wildman–Crippen LogP) is 6.03. The van der Waals surface area contributed by atoms with Crippen molar-refractivity contribution in [2.24, 2.45) is 4.99 Å². The number of allylic oxidation sites excluding steroid dienone is 1. The van der Waals surface area contributed by atoms with Crippen molar-refractivity contribution in [3.63, 3.8) is 0 Å². The molecular weight excluding hydrogens is 406 g/mol. The summed E-state index contributed by atoms with van der Waals surface area (Å²) in [6, 6.07) is 12.1. The van der Waals surface area contributed by atoms with E-state index in [1.165, 1.54) is 0 Å². The van der Waals surface area contributed by atoms with Gasteiger partial charge in [-0.2, -0.15) is 0 Å². The lowest BCUT2D eigenvalue weighted by Gasteiger charge is -2.03. The number of fused-ring (bicyclic) bond motifs is 1. The second-order valence-electron chi connectivity index (χ2n) is 7.53. The number of carbonyl (C=O) groups is 1. The molecule has 5 nitrogen and oxygen atoms in total. The average Bonchev–Trinajstić information content (AvgIpc) is 3.52. The molecule has 0 saturated heterocycles. The van der Waals surface area contributed by atoms with E-state index in [2.05, 4.69) is 29.0 Å². The van der Waals surface area contributed by atoms with Crippen LogP contribution in [0.15, 0.2) is 64.3 Å². The number of aldehydes is 1. The van der Waals surface area contributed by atoms with Crippen molar-refractivity contribution in [2.45, 2.75) is 13.8 Å². The lowest BCUT2D eigenvalue weighted by Crippen LogP contribution is -1.97. The van der Waals surface area contributed by atoms with Crippen LogP contribution >= 0.6 is 11.3 Å². The highest BCUT2D eigenvalue weighted by Gasteiger charge is 2.24. The zero-order valence-corrected chi connectivity index (χ0v) is 18.3. The highest BCUT2D eigenvalue weighted by Crippen LogP contribution is 2.39. The molecule has 1 aliphatic rings. The molecule has 0 radical (unpaired) electrons. The van der Waals surface area contributed by atoms with E-state index in [9.17, 15) is 4.79 Å². The fourth-order valence-electron chi connectivity index (χ4n) is 4.03. The number of rotatable bonds is 5. The standard InChI is InChI=1S/C25H21N3O2S/c1-14-10-15(2)26-19(14)11-20-22(30-3)12-21(27-20)24-23(25-16(13-29)8-9-31-25)17-6-4-5-7-18(17)28-24/h4-13,26,28H,1-3H3. The monoisotopic (exact) mass is 427 g/mol. The molecule has 6 heteroatoms. The fraction of sp³-hybridized carbons (Fsp3) is 0.120. The molecule has 5 rings (SSSR count). The number of nitrogens with zero attached hydrogens (tertiary/aromatic N) is 1. The number of hydrogen-bond donors (Lipinski definition) is 2. The average molecular weight is 428 g/mol. The van der Waals surface area contributed by atoms with Gasteiger partial charge < -0.3 is 14.7 Å². The first-order valence-electron chi connectivity index (χ1n) is 9.96. The summed E-state index contributed by atoms with van der Waals surface area (Å²) in [4.78, 5) is 24.4. The van der Waals surface area contributed by atoms with E-state index in [0.717, 1.165) is 61.7 Å². The van der Waals surface area contributed by atoms with E-state index in [1.807, 2.05) is 48.7 Å². The van der Waals surface area contributed by atoms with Gasteiger partial charge in [-0.3, -0.25) is 4.79 Å². The number of carbonyl (C=O) groups excluding carboxylic acids is 1. The Hall–Kier alpha value is -3.64. The van der Waals surface area contributed by atoms with Crippen molar-refractivity contribution in [3.05, 3.63) is 87.5 Å². The lowest BCUT2D eigenvalue weighted by atomic mass is 10.0. The lowest BCUT2D eigenvalue weighted by molar-refractivity contribution is 0.112. The maximum absolute atomic E-state index is 11.7. The zero-order chi connectivity index (χ0) is 21.5. The number of H-pyrrole nitrogens is 2.